The molecule has 1 aromatic rings. The van der Waals surface area contributed by atoms with Crippen molar-refractivity contribution in [2.45, 2.75) is 25.3 Å². The maximum Gasteiger partial charge on any atom is 0.128 e. The molecule has 1 heterocycles. The molecule has 17 heavy (non-hydrogen) atoms. The summed E-state index contributed by atoms with van der Waals surface area (Å²) in [6, 6.07) is 4.02. The molecule has 94 valence electrons. The van der Waals surface area contributed by atoms with Gasteiger partial charge in [0.15, 0.2) is 0 Å². The molecule has 1 fully saturated rings. The average Bonchev–Trinajstić information content (AvgIpc) is 2.38. The fraction of sp³-hybridized carbons (Fsp3) is 0.538. The first-order valence-corrected chi connectivity index (χ1v) is 6.29. The molecule has 1 saturated heterocycles. The molecule has 1 aliphatic rings. The smallest absolute Gasteiger partial charge is 0.128 e. The standard InChI is InChI=1S/C13H18ClNO2/c1-16-9-7-10(14)13(12(8-9)17-2)11-5-3-4-6-15-11/h7-8,11,15H,3-6H2,1-2H3. The Hall–Kier alpha value is -0.930. The maximum atomic E-state index is 6.33. The highest BCUT2D eigenvalue weighted by atomic mass is 35.5. The van der Waals surface area contributed by atoms with E-state index in [0.717, 1.165) is 30.0 Å². The van der Waals surface area contributed by atoms with Crippen molar-refractivity contribution in [2.75, 3.05) is 20.8 Å². The van der Waals surface area contributed by atoms with E-state index in [4.69, 9.17) is 21.1 Å². The Morgan fingerprint density at radius 2 is 2.06 bits per heavy atom. The zero-order valence-corrected chi connectivity index (χ0v) is 11.0. The first kappa shape index (κ1) is 12.5. The van der Waals surface area contributed by atoms with Gasteiger partial charge in [-0.2, -0.15) is 0 Å². The zero-order valence-electron chi connectivity index (χ0n) is 10.3. The largest absolute Gasteiger partial charge is 0.497 e. The Bertz CT molecular complexity index is 389. The molecule has 0 amide bonds. The molecule has 3 nitrogen and oxygen atoms in total. The molecule has 0 aromatic heterocycles. The molecule has 0 bridgehead atoms. The molecule has 0 saturated carbocycles. The van der Waals surface area contributed by atoms with Gasteiger partial charge in [-0.05, 0) is 25.5 Å². The van der Waals surface area contributed by atoms with Crippen LogP contribution in [0.4, 0.5) is 0 Å². The van der Waals surface area contributed by atoms with Gasteiger partial charge in [-0.25, -0.2) is 0 Å². The SMILES string of the molecule is COc1cc(Cl)c(C2CCCCN2)c(OC)c1. The third-order valence-corrected chi connectivity index (χ3v) is 3.49. The van der Waals surface area contributed by atoms with E-state index in [1.165, 1.54) is 12.8 Å². The van der Waals surface area contributed by atoms with Crippen LogP contribution in [0.5, 0.6) is 11.5 Å². The summed E-state index contributed by atoms with van der Waals surface area (Å²) in [6.07, 6.45) is 3.55. The van der Waals surface area contributed by atoms with Crippen molar-refractivity contribution in [1.82, 2.24) is 5.32 Å². The lowest BCUT2D eigenvalue weighted by Crippen LogP contribution is -2.27. The van der Waals surface area contributed by atoms with Crippen LogP contribution in [0.1, 0.15) is 30.9 Å². The van der Waals surface area contributed by atoms with E-state index >= 15 is 0 Å². The Labute approximate surface area is 107 Å². The monoisotopic (exact) mass is 255 g/mol. The topological polar surface area (TPSA) is 30.5 Å². The van der Waals surface area contributed by atoms with E-state index in [9.17, 15) is 0 Å². The maximum absolute atomic E-state index is 6.33. The predicted octanol–water partition coefficient (Wildman–Crippen LogP) is 3.17. The molecule has 0 spiro atoms. The molecule has 1 N–H and O–H groups in total. The minimum absolute atomic E-state index is 0.289. The number of halogens is 1. The van der Waals surface area contributed by atoms with Crippen LogP contribution in [0.2, 0.25) is 5.02 Å². The highest BCUT2D eigenvalue weighted by Crippen LogP contribution is 2.38. The summed E-state index contributed by atoms with van der Waals surface area (Å²) in [7, 11) is 3.29. The predicted molar refractivity (Wildman–Crippen MR) is 69.2 cm³/mol. The van der Waals surface area contributed by atoms with Crippen molar-refractivity contribution in [2.24, 2.45) is 0 Å². The number of piperidine rings is 1. The minimum Gasteiger partial charge on any atom is -0.497 e. The Morgan fingerprint density at radius 1 is 1.24 bits per heavy atom. The van der Waals surface area contributed by atoms with E-state index < -0.39 is 0 Å². The fourth-order valence-electron chi connectivity index (χ4n) is 2.29. The number of hydrogen-bond acceptors (Lipinski definition) is 3. The van der Waals surface area contributed by atoms with Crippen LogP contribution in [-0.4, -0.2) is 20.8 Å². The van der Waals surface area contributed by atoms with Crippen LogP contribution in [0.3, 0.4) is 0 Å². The van der Waals surface area contributed by atoms with Gasteiger partial charge < -0.3 is 14.8 Å². The van der Waals surface area contributed by atoms with E-state index in [-0.39, 0.29) is 6.04 Å². The molecule has 2 rings (SSSR count). The summed E-state index contributed by atoms with van der Waals surface area (Å²) in [4.78, 5) is 0. The second-order valence-electron chi connectivity index (χ2n) is 4.23. The van der Waals surface area contributed by atoms with E-state index in [2.05, 4.69) is 5.32 Å². The summed E-state index contributed by atoms with van der Waals surface area (Å²) < 4.78 is 10.6. The zero-order chi connectivity index (χ0) is 12.3. The molecule has 0 radical (unpaired) electrons. The van der Waals surface area contributed by atoms with Gasteiger partial charge in [0.25, 0.3) is 0 Å². The van der Waals surface area contributed by atoms with Gasteiger partial charge in [-0.15, -0.1) is 0 Å². The van der Waals surface area contributed by atoms with Crippen LogP contribution in [0.25, 0.3) is 0 Å². The van der Waals surface area contributed by atoms with Gasteiger partial charge in [0.2, 0.25) is 0 Å². The lowest BCUT2D eigenvalue weighted by Gasteiger charge is -2.26. The van der Waals surface area contributed by atoms with Crippen LogP contribution >= 0.6 is 11.6 Å². The van der Waals surface area contributed by atoms with Gasteiger partial charge >= 0.3 is 0 Å². The first-order chi connectivity index (χ1) is 8.26. The Balaban J connectivity index is 2.36. The van der Waals surface area contributed by atoms with Gasteiger partial charge in [0.05, 0.1) is 19.2 Å². The highest BCUT2D eigenvalue weighted by Gasteiger charge is 2.22. The third-order valence-electron chi connectivity index (χ3n) is 3.18. The molecule has 0 aliphatic carbocycles. The van der Waals surface area contributed by atoms with Crippen LogP contribution in [0.15, 0.2) is 12.1 Å². The number of ether oxygens (including phenoxy) is 2. The van der Waals surface area contributed by atoms with E-state index in [1.54, 1.807) is 14.2 Å². The first-order valence-electron chi connectivity index (χ1n) is 5.91. The average molecular weight is 256 g/mol. The third kappa shape index (κ3) is 2.67. The Morgan fingerprint density at radius 3 is 2.65 bits per heavy atom. The number of nitrogens with one attached hydrogen (secondary N) is 1. The molecule has 1 aliphatic heterocycles. The normalized spacial score (nSPS) is 20.1. The van der Waals surface area contributed by atoms with Crippen molar-refractivity contribution < 1.29 is 9.47 Å². The highest BCUT2D eigenvalue weighted by molar-refractivity contribution is 6.31. The van der Waals surface area contributed by atoms with Crippen LogP contribution < -0.4 is 14.8 Å². The second-order valence-corrected chi connectivity index (χ2v) is 4.63. The van der Waals surface area contributed by atoms with Crippen LogP contribution in [-0.2, 0) is 0 Å². The van der Waals surface area contributed by atoms with Gasteiger partial charge in [0.1, 0.15) is 11.5 Å². The summed E-state index contributed by atoms with van der Waals surface area (Å²) in [6.45, 7) is 1.04. The molecule has 1 aromatic carbocycles. The van der Waals surface area contributed by atoms with Crippen molar-refractivity contribution in [3.63, 3.8) is 0 Å². The number of rotatable bonds is 3. The minimum atomic E-state index is 0.289. The van der Waals surface area contributed by atoms with E-state index in [1.807, 2.05) is 12.1 Å². The van der Waals surface area contributed by atoms with Crippen molar-refractivity contribution >= 4 is 11.6 Å². The Kier molecular flexibility index (Phi) is 4.13. The number of methoxy groups -OCH3 is 2. The summed E-state index contributed by atoms with van der Waals surface area (Å²) in [5.41, 5.74) is 1.05. The molecule has 1 unspecified atom stereocenters. The molecular formula is C13H18ClNO2. The van der Waals surface area contributed by atoms with Crippen molar-refractivity contribution in [1.29, 1.82) is 0 Å². The van der Waals surface area contributed by atoms with Gasteiger partial charge in [-0.1, -0.05) is 18.0 Å². The summed E-state index contributed by atoms with van der Waals surface area (Å²) in [5.74, 6) is 1.53. The lowest BCUT2D eigenvalue weighted by molar-refractivity contribution is 0.367. The van der Waals surface area contributed by atoms with Crippen LogP contribution in [0, 0.1) is 0 Å². The number of hydrogen-bond donors (Lipinski definition) is 1. The van der Waals surface area contributed by atoms with Crippen molar-refractivity contribution in [3.8, 4) is 11.5 Å². The molecule has 4 heteroatoms. The van der Waals surface area contributed by atoms with Gasteiger partial charge in [-0.3, -0.25) is 0 Å². The summed E-state index contributed by atoms with van der Waals surface area (Å²) in [5, 5.41) is 4.19. The number of benzene rings is 1. The quantitative estimate of drug-likeness (QED) is 0.900. The second kappa shape index (κ2) is 5.61. The lowest BCUT2D eigenvalue weighted by atomic mass is 9.96. The van der Waals surface area contributed by atoms with E-state index in [0.29, 0.717) is 5.02 Å². The fourth-order valence-corrected chi connectivity index (χ4v) is 2.62. The molecular weight excluding hydrogens is 238 g/mol. The summed E-state index contributed by atoms with van der Waals surface area (Å²) >= 11 is 6.33. The molecule has 1 atom stereocenters. The van der Waals surface area contributed by atoms with Gasteiger partial charge in [0, 0.05) is 17.7 Å². The van der Waals surface area contributed by atoms with Crippen molar-refractivity contribution in [3.05, 3.63) is 22.7 Å².